The van der Waals surface area contributed by atoms with Crippen LogP contribution in [-0.4, -0.2) is 23.3 Å². The molecule has 0 fully saturated rings. The first-order chi connectivity index (χ1) is 11.1. The Morgan fingerprint density at radius 2 is 2.22 bits per heavy atom. The number of ether oxygens (including phenoxy) is 1. The Balaban J connectivity index is 1.83. The van der Waals surface area contributed by atoms with Crippen LogP contribution < -0.4 is 10.1 Å². The third-order valence-corrected chi connectivity index (χ3v) is 3.82. The summed E-state index contributed by atoms with van der Waals surface area (Å²) in [5.74, 6) is -0.733. The molecule has 6 heteroatoms. The lowest BCUT2D eigenvalue weighted by Crippen LogP contribution is -2.18. The predicted octanol–water partition coefficient (Wildman–Crippen LogP) is 3.32. The minimum Gasteiger partial charge on any atom is -0.494 e. The third-order valence-electron chi connectivity index (χ3n) is 3.82. The molecule has 0 aliphatic heterocycles. The van der Waals surface area contributed by atoms with Gasteiger partial charge in [-0.2, -0.15) is 0 Å². The van der Waals surface area contributed by atoms with Gasteiger partial charge in [-0.15, -0.1) is 0 Å². The van der Waals surface area contributed by atoms with E-state index in [1.165, 1.54) is 18.3 Å². The molecule has 0 bridgehead atoms. The molecule has 0 spiro atoms. The molecular weight excluding hydrogens is 299 g/mol. The number of Topliss-reactive ketones (excluding diaryl/α,β-unsaturated/α-hetero) is 1. The molecule has 2 aromatic rings. The van der Waals surface area contributed by atoms with Crippen LogP contribution in [0, 0.1) is 5.82 Å². The van der Waals surface area contributed by atoms with Crippen LogP contribution in [-0.2, 0) is 6.42 Å². The maximum absolute atomic E-state index is 14.0. The summed E-state index contributed by atoms with van der Waals surface area (Å²) in [6, 6.07) is 4.25. The Labute approximate surface area is 132 Å². The highest BCUT2D eigenvalue weighted by atomic mass is 19.1. The highest BCUT2D eigenvalue weighted by Crippen LogP contribution is 2.26. The number of H-pyrrole nitrogens is 1. The Bertz CT molecular complexity index is 767. The fraction of sp³-hybridized carbons (Fsp3) is 0.294. The van der Waals surface area contributed by atoms with E-state index in [4.69, 9.17) is 4.74 Å². The fourth-order valence-corrected chi connectivity index (χ4v) is 2.75. The topological polar surface area (TPSA) is 71.2 Å². The first-order valence-electron chi connectivity index (χ1n) is 7.57. The molecule has 2 N–H and O–H groups in total. The van der Waals surface area contributed by atoms with E-state index in [1.54, 1.807) is 13.0 Å². The van der Waals surface area contributed by atoms with Crippen molar-refractivity contribution in [2.75, 3.05) is 11.9 Å². The Morgan fingerprint density at radius 1 is 1.39 bits per heavy atom. The fourth-order valence-electron chi connectivity index (χ4n) is 2.75. The lowest BCUT2D eigenvalue weighted by molar-refractivity contribution is 0.0956. The number of hydrogen-bond acceptors (Lipinski definition) is 3. The van der Waals surface area contributed by atoms with E-state index in [9.17, 15) is 14.0 Å². The molecule has 0 saturated heterocycles. The number of nitrogens with one attached hydrogen (secondary N) is 2. The molecule has 1 aromatic heterocycles. The molecule has 0 atom stereocenters. The van der Waals surface area contributed by atoms with E-state index in [0.717, 1.165) is 18.5 Å². The van der Waals surface area contributed by atoms with Crippen molar-refractivity contribution >= 4 is 17.4 Å². The standard InChI is InChI=1S/C17H17FN2O3/c1-2-23-10-6-7-13(12(18)8-10)20-17(22)11-9-19-14-4-3-5-15(21)16(11)14/h6-9,19H,2-5H2,1H3,(H,20,22). The van der Waals surface area contributed by atoms with Crippen molar-refractivity contribution in [1.82, 2.24) is 4.98 Å². The molecule has 5 nitrogen and oxygen atoms in total. The number of benzene rings is 1. The number of hydrogen-bond donors (Lipinski definition) is 2. The summed E-state index contributed by atoms with van der Waals surface area (Å²) in [5, 5.41) is 2.51. The van der Waals surface area contributed by atoms with Gasteiger partial charge >= 0.3 is 0 Å². The van der Waals surface area contributed by atoms with Gasteiger partial charge in [0.25, 0.3) is 5.91 Å². The average Bonchev–Trinajstić information content (AvgIpc) is 2.96. The van der Waals surface area contributed by atoms with Gasteiger partial charge in [0.15, 0.2) is 5.78 Å². The van der Waals surface area contributed by atoms with Gasteiger partial charge in [0.1, 0.15) is 11.6 Å². The quantitative estimate of drug-likeness (QED) is 0.909. The summed E-state index contributed by atoms with van der Waals surface area (Å²) in [4.78, 5) is 27.4. The number of anilines is 1. The predicted molar refractivity (Wildman–Crippen MR) is 83.6 cm³/mol. The number of amides is 1. The minimum absolute atomic E-state index is 0.0511. The number of rotatable bonds is 4. The number of halogens is 1. The molecule has 1 heterocycles. The molecule has 1 aromatic carbocycles. The Morgan fingerprint density at radius 3 is 2.96 bits per heavy atom. The largest absolute Gasteiger partial charge is 0.494 e. The highest BCUT2D eigenvalue weighted by Gasteiger charge is 2.26. The van der Waals surface area contributed by atoms with Crippen molar-refractivity contribution in [3.05, 3.63) is 47.0 Å². The summed E-state index contributed by atoms with van der Waals surface area (Å²) in [7, 11) is 0. The van der Waals surface area contributed by atoms with Gasteiger partial charge in [-0.25, -0.2) is 4.39 Å². The first kappa shape index (κ1) is 15.3. The summed E-state index contributed by atoms with van der Waals surface area (Å²) in [5.41, 5.74) is 1.52. The van der Waals surface area contributed by atoms with Gasteiger partial charge in [-0.1, -0.05) is 0 Å². The number of aromatic nitrogens is 1. The van der Waals surface area contributed by atoms with E-state index in [-0.39, 0.29) is 17.0 Å². The monoisotopic (exact) mass is 316 g/mol. The lowest BCUT2D eigenvalue weighted by atomic mass is 9.93. The van der Waals surface area contributed by atoms with Crippen molar-refractivity contribution in [2.45, 2.75) is 26.2 Å². The molecule has 23 heavy (non-hydrogen) atoms. The highest BCUT2D eigenvalue weighted by molar-refractivity contribution is 6.13. The van der Waals surface area contributed by atoms with E-state index in [2.05, 4.69) is 10.3 Å². The van der Waals surface area contributed by atoms with Gasteiger partial charge < -0.3 is 15.0 Å². The normalized spacial score (nSPS) is 13.6. The zero-order valence-corrected chi connectivity index (χ0v) is 12.7. The minimum atomic E-state index is -0.583. The zero-order chi connectivity index (χ0) is 16.4. The van der Waals surface area contributed by atoms with Crippen LogP contribution in [0.15, 0.2) is 24.4 Å². The van der Waals surface area contributed by atoms with Crippen molar-refractivity contribution in [1.29, 1.82) is 0 Å². The van der Waals surface area contributed by atoms with E-state index < -0.39 is 11.7 Å². The van der Waals surface area contributed by atoms with Crippen LogP contribution in [0.25, 0.3) is 0 Å². The number of aromatic amines is 1. The number of ketones is 1. The summed E-state index contributed by atoms with van der Waals surface area (Å²) in [6.45, 7) is 2.24. The van der Waals surface area contributed by atoms with Gasteiger partial charge in [-0.05, 0) is 31.9 Å². The van der Waals surface area contributed by atoms with Crippen molar-refractivity contribution in [3.63, 3.8) is 0 Å². The van der Waals surface area contributed by atoms with Crippen LogP contribution in [0.4, 0.5) is 10.1 Å². The maximum Gasteiger partial charge on any atom is 0.258 e. The molecule has 0 saturated carbocycles. The second kappa shape index (κ2) is 6.24. The smallest absolute Gasteiger partial charge is 0.258 e. The molecular formula is C17H17FN2O3. The second-order valence-corrected chi connectivity index (χ2v) is 5.36. The molecule has 1 amide bonds. The third kappa shape index (κ3) is 2.97. The van der Waals surface area contributed by atoms with Crippen LogP contribution in [0.3, 0.4) is 0 Å². The SMILES string of the molecule is CCOc1ccc(NC(=O)c2c[nH]c3c2C(=O)CCC3)c(F)c1. The first-order valence-corrected chi connectivity index (χ1v) is 7.57. The van der Waals surface area contributed by atoms with Gasteiger partial charge in [0.05, 0.1) is 23.4 Å². The van der Waals surface area contributed by atoms with E-state index in [0.29, 0.717) is 24.3 Å². The van der Waals surface area contributed by atoms with E-state index in [1.807, 2.05) is 0 Å². The van der Waals surface area contributed by atoms with E-state index >= 15 is 0 Å². The second-order valence-electron chi connectivity index (χ2n) is 5.36. The molecule has 0 unspecified atom stereocenters. The number of carbonyl (C=O) groups is 2. The zero-order valence-electron chi connectivity index (χ0n) is 12.7. The van der Waals surface area contributed by atoms with Crippen molar-refractivity contribution in [3.8, 4) is 5.75 Å². The molecule has 120 valence electrons. The van der Waals surface area contributed by atoms with Crippen LogP contribution >= 0.6 is 0 Å². The van der Waals surface area contributed by atoms with Crippen LogP contribution in [0.1, 0.15) is 46.2 Å². The Kier molecular flexibility index (Phi) is 4.14. The van der Waals surface area contributed by atoms with Gasteiger partial charge in [-0.3, -0.25) is 9.59 Å². The summed E-state index contributed by atoms with van der Waals surface area (Å²) in [6.07, 6.45) is 3.46. The van der Waals surface area contributed by atoms with Gasteiger partial charge in [0.2, 0.25) is 0 Å². The lowest BCUT2D eigenvalue weighted by Gasteiger charge is -2.12. The van der Waals surface area contributed by atoms with Crippen molar-refractivity contribution < 1.29 is 18.7 Å². The molecule has 3 rings (SSSR count). The summed E-state index contributed by atoms with van der Waals surface area (Å²) >= 11 is 0. The van der Waals surface area contributed by atoms with Crippen molar-refractivity contribution in [2.24, 2.45) is 0 Å². The van der Waals surface area contributed by atoms with Crippen LogP contribution in [0.2, 0.25) is 0 Å². The summed E-state index contributed by atoms with van der Waals surface area (Å²) < 4.78 is 19.2. The molecule has 1 aliphatic carbocycles. The maximum atomic E-state index is 14.0. The number of fused-ring (bicyclic) bond motifs is 1. The van der Waals surface area contributed by atoms with Crippen LogP contribution in [0.5, 0.6) is 5.75 Å². The Hall–Kier alpha value is -2.63. The average molecular weight is 316 g/mol. The number of aryl methyl sites for hydroxylation is 1. The van der Waals surface area contributed by atoms with Gasteiger partial charge in [0, 0.05) is 24.4 Å². The number of carbonyl (C=O) groups excluding carboxylic acids is 2. The molecule has 1 aliphatic rings. The molecule has 0 radical (unpaired) electrons.